The van der Waals surface area contributed by atoms with Crippen molar-refractivity contribution in [1.29, 1.82) is 0 Å². The molecule has 3 fully saturated rings. The van der Waals surface area contributed by atoms with Crippen LogP contribution in [0.3, 0.4) is 0 Å². The van der Waals surface area contributed by atoms with Crippen molar-refractivity contribution < 1.29 is 14.3 Å². The van der Waals surface area contributed by atoms with Crippen LogP contribution in [-0.4, -0.2) is 73.3 Å². The van der Waals surface area contributed by atoms with Gasteiger partial charge in [0, 0.05) is 60.7 Å². The van der Waals surface area contributed by atoms with Crippen molar-refractivity contribution in [2.24, 2.45) is 18.4 Å². The lowest BCUT2D eigenvalue weighted by atomic mass is 9.57. The molecule has 40 heavy (non-hydrogen) atoms. The summed E-state index contributed by atoms with van der Waals surface area (Å²) in [6.45, 7) is 10.0. The van der Waals surface area contributed by atoms with Crippen LogP contribution in [-0.2, 0) is 23.1 Å². The molecule has 2 saturated heterocycles. The van der Waals surface area contributed by atoms with Crippen molar-refractivity contribution in [3.05, 3.63) is 36.4 Å². The summed E-state index contributed by atoms with van der Waals surface area (Å²) in [4.78, 5) is 38.6. The molecule has 2 amide bonds. The summed E-state index contributed by atoms with van der Waals surface area (Å²) in [5.74, 6) is 0.435. The Labute approximate surface area is 235 Å². The minimum absolute atomic E-state index is 0.0200. The van der Waals surface area contributed by atoms with E-state index in [1.165, 1.54) is 25.0 Å². The lowest BCUT2D eigenvalue weighted by Gasteiger charge is -2.58. The molecule has 0 radical (unpaired) electrons. The molecule has 0 aromatic carbocycles. The number of pyridine rings is 2. The van der Waals surface area contributed by atoms with Gasteiger partial charge in [-0.15, -0.1) is 0 Å². The smallest absolute Gasteiger partial charge is 0.410 e. The molecule has 2 aliphatic heterocycles. The van der Waals surface area contributed by atoms with Gasteiger partial charge >= 0.3 is 6.09 Å². The number of piperidine rings is 1. The zero-order valence-electron chi connectivity index (χ0n) is 23.9. The summed E-state index contributed by atoms with van der Waals surface area (Å²) < 4.78 is 7.42. The number of nitrogens with one attached hydrogen (secondary N) is 1. The van der Waals surface area contributed by atoms with E-state index >= 15 is 0 Å². The standard InChI is InChI=1S/C30H39N7O3/c1-29(2,3)40-28(39)37-18-30(19-37)12-22(13-30)27(38)34-26-11-20-10-21(14-31-24(20)16-32-26)23-15-33-35(4)25(23)17-36-8-6-5-7-9-36/h10-11,14-16,22H,5-9,12-13,17-19H2,1-4H3,(H,32,34,38). The molecule has 10 heteroatoms. The van der Waals surface area contributed by atoms with Gasteiger partial charge in [-0.05, 0) is 71.7 Å². The van der Waals surface area contributed by atoms with Crippen LogP contribution in [0.4, 0.5) is 10.6 Å². The second-order valence-electron chi connectivity index (χ2n) is 12.9. The van der Waals surface area contributed by atoms with Crippen LogP contribution in [0.5, 0.6) is 0 Å². The average molecular weight is 546 g/mol. The van der Waals surface area contributed by atoms with Gasteiger partial charge < -0.3 is 15.0 Å². The van der Waals surface area contributed by atoms with Crippen LogP contribution in [0.1, 0.15) is 58.6 Å². The number of carbonyl (C=O) groups is 2. The van der Waals surface area contributed by atoms with Gasteiger partial charge in [0.05, 0.1) is 23.6 Å². The lowest BCUT2D eigenvalue weighted by Crippen LogP contribution is -2.65. The Hall–Kier alpha value is -3.53. The Morgan fingerprint density at radius 2 is 1.80 bits per heavy atom. The molecule has 1 N–H and O–H groups in total. The number of hydrogen-bond donors (Lipinski definition) is 1. The second kappa shape index (κ2) is 10.1. The highest BCUT2D eigenvalue weighted by molar-refractivity contribution is 5.95. The van der Waals surface area contributed by atoms with Gasteiger partial charge in [-0.3, -0.25) is 19.4 Å². The Kier molecular flexibility index (Phi) is 6.76. The molecule has 6 rings (SSSR count). The number of amides is 2. The third kappa shape index (κ3) is 5.41. The van der Waals surface area contributed by atoms with Crippen molar-refractivity contribution in [3.8, 4) is 11.1 Å². The Bertz CT molecular complexity index is 1420. The predicted molar refractivity (Wildman–Crippen MR) is 152 cm³/mol. The SMILES string of the molecule is Cn1ncc(-c2cnc3cnc(NC(=O)C4CC5(C4)CN(C(=O)OC(C)(C)C)C5)cc3c2)c1CN1CCCCC1. The number of rotatable bonds is 5. The quantitative estimate of drug-likeness (QED) is 0.499. The first-order valence-electron chi connectivity index (χ1n) is 14.4. The van der Waals surface area contributed by atoms with Crippen molar-refractivity contribution in [2.75, 3.05) is 31.5 Å². The molecule has 0 atom stereocenters. The zero-order chi connectivity index (χ0) is 28.1. The fourth-order valence-corrected chi connectivity index (χ4v) is 6.34. The summed E-state index contributed by atoms with van der Waals surface area (Å²) in [7, 11) is 2.00. The number of ether oxygens (including phenoxy) is 1. The highest BCUT2D eigenvalue weighted by Gasteiger charge is 2.56. The molecule has 1 aliphatic carbocycles. The molecule has 5 heterocycles. The molecule has 1 saturated carbocycles. The molecular weight excluding hydrogens is 506 g/mol. The highest BCUT2D eigenvalue weighted by Crippen LogP contribution is 2.52. The minimum Gasteiger partial charge on any atom is -0.444 e. The predicted octanol–water partition coefficient (Wildman–Crippen LogP) is 4.60. The van der Waals surface area contributed by atoms with Crippen molar-refractivity contribution >= 4 is 28.7 Å². The lowest BCUT2D eigenvalue weighted by molar-refractivity contribution is -0.137. The van der Waals surface area contributed by atoms with Gasteiger partial charge in [0.2, 0.25) is 5.91 Å². The van der Waals surface area contributed by atoms with Crippen LogP contribution < -0.4 is 5.32 Å². The van der Waals surface area contributed by atoms with Crippen molar-refractivity contribution in [2.45, 2.75) is 65.0 Å². The van der Waals surface area contributed by atoms with E-state index in [1.54, 1.807) is 11.1 Å². The van der Waals surface area contributed by atoms with Gasteiger partial charge in [0.25, 0.3) is 0 Å². The maximum absolute atomic E-state index is 13.0. The molecule has 3 aromatic heterocycles. The first-order chi connectivity index (χ1) is 19.1. The molecule has 0 bridgehead atoms. The van der Waals surface area contributed by atoms with Crippen molar-refractivity contribution in [1.82, 2.24) is 29.5 Å². The van der Waals surface area contributed by atoms with E-state index in [9.17, 15) is 9.59 Å². The first kappa shape index (κ1) is 26.7. The van der Waals surface area contributed by atoms with Crippen LogP contribution in [0.2, 0.25) is 0 Å². The maximum atomic E-state index is 13.0. The van der Waals surface area contributed by atoms with Gasteiger partial charge in [0.15, 0.2) is 0 Å². The number of nitrogens with zero attached hydrogens (tertiary/aromatic N) is 6. The Morgan fingerprint density at radius 3 is 2.52 bits per heavy atom. The van der Waals surface area contributed by atoms with E-state index < -0.39 is 5.60 Å². The summed E-state index contributed by atoms with van der Waals surface area (Å²) in [5, 5.41) is 8.48. The van der Waals surface area contributed by atoms with Crippen LogP contribution >= 0.6 is 0 Å². The summed E-state index contributed by atoms with van der Waals surface area (Å²) in [6.07, 6.45) is 10.6. The molecule has 1 spiro atoms. The maximum Gasteiger partial charge on any atom is 0.410 e. The third-order valence-corrected chi connectivity index (χ3v) is 8.45. The van der Waals surface area contributed by atoms with Crippen molar-refractivity contribution in [3.63, 3.8) is 0 Å². The number of aryl methyl sites for hydroxylation is 1. The minimum atomic E-state index is -0.502. The molecule has 212 valence electrons. The Balaban J connectivity index is 1.09. The van der Waals surface area contributed by atoms with Gasteiger partial charge in [-0.25, -0.2) is 9.78 Å². The number of likely N-dealkylation sites (tertiary alicyclic amines) is 2. The van der Waals surface area contributed by atoms with E-state index in [1.807, 2.05) is 51.0 Å². The van der Waals surface area contributed by atoms with E-state index in [-0.39, 0.29) is 23.3 Å². The summed E-state index contributed by atoms with van der Waals surface area (Å²) in [5.41, 5.74) is 3.61. The molecule has 3 aromatic rings. The van der Waals surface area contributed by atoms with Gasteiger partial charge in [-0.1, -0.05) is 6.42 Å². The number of fused-ring (bicyclic) bond motifs is 1. The second-order valence-corrected chi connectivity index (χ2v) is 12.9. The third-order valence-electron chi connectivity index (χ3n) is 8.45. The van der Waals surface area contributed by atoms with E-state index in [2.05, 4.69) is 31.3 Å². The van der Waals surface area contributed by atoms with Gasteiger partial charge in [0.1, 0.15) is 11.4 Å². The fraction of sp³-hybridized carbons (Fsp3) is 0.567. The highest BCUT2D eigenvalue weighted by atomic mass is 16.6. The number of hydrogen-bond acceptors (Lipinski definition) is 7. The summed E-state index contributed by atoms with van der Waals surface area (Å²) in [6, 6.07) is 4.00. The Morgan fingerprint density at radius 1 is 1.05 bits per heavy atom. The van der Waals surface area contributed by atoms with E-state index in [0.717, 1.165) is 54.5 Å². The zero-order valence-corrected chi connectivity index (χ0v) is 23.9. The topological polar surface area (TPSA) is 105 Å². The van der Waals surface area contributed by atoms with Gasteiger partial charge in [-0.2, -0.15) is 5.10 Å². The monoisotopic (exact) mass is 545 g/mol. The van der Waals surface area contributed by atoms with Crippen LogP contribution in [0.25, 0.3) is 22.0 Å². The molecule has 3 aliphatic rings. The normalized spacial score (nSPS) is 19.4. The van der Waals surface area contributed by atoms with Crippen LogP contribution in [0, 0.1) is 11.3 Å². The van der Waals surface area contributed by atoms with E-state index in [4.69, 9.17) is 4.74 Å². The first-order valence-corrected chi connectivity index (χ1v) is 14.4. The molecule has 10 nitrogen and oxygen atoms in total. The number of aromatic nitrogens is 4. The molecule has 0 unspecified atom stereocenters. The summed E-state index contributed by atoms with van der Waals surface area (Å²) >= 11 is 0. The number of anilines is 1. The fourth-order valence-electron chi connectivity index (χ4n) is 6.34. The number of carbonyl (C=O) groups excluding carboxylic acids is 2. The van der Waals surface area contributed by atoms with E-state index in [0.29, 0.717) is 18.9 Å². The van der Waals surface area contributed by atoms with Crippen LogP contribution in [0.15, 0.2) is 30.7 Å². The molecular formula is C30H39N7O3. The largest absolute Gasteiger partial charge is 0.444 e. The average Bonchev–Trinajstić information content (AvgIpc) is 3.21.